The molecule has 1 aromatic rings. The number of ether oxygens (including phenoxy) is 4. The Bertz CT molecular complexity index is 580. The van der Waals surface area contributed by atoms with E-state index in [9.17, 15) is 4.79 Å². The number of carbonyl (C=O) groups excluding carboxylic acids is 1. The minimum atomic E-state index is -0.906. The first kappa shape index (κ1) is 16.3. The largest absolute Gasteiger partial charge is 0.374 e. The first-order chi connectivity index (χ1) is 11.0. The van der Waals surface area contributed by atoms with Crippen LogP contribution < -0.4 is 0 Å². The van der Waals surface area contributed by atoms with E-state index in [0.717, 1.165) is 5.56 Å². The van der Waals surface area contributed by atoms with E-state index >= 15 is 0 Å². The van der Waals surface area contributed by atoms with Gasteiger partial charge in [-0.3, -0.25) is 4.79 Å². The van der Waals surface area contributed by atoms with E-state index in [1.165, 1.54) is 6.08 Å². The van der Waals surface area contributed by atoms with Crippen molar-refractivity contribution in [2.75, 3.05) is 13.2 Å². The highest BCUT2D eigenvalue weighted by molar-refractivity contribution is 5.91. The number of ketones is 1. The Morgan fingerprint density at radius 3 is 2.74 bits per heavy atom. The second-order valence-electron chi connectivity index (χ2n) is 6.35. The summed E-state index contributed by atoms with van der Waals surface area (Å²) >= 11 is 0. The van der Waals surface area contributed by atoms with E-state index < -0.39 is 11.6 Å². The molecular weight excluding hydrogens is 296 g/mol. The van der Waals surface area contributed by atoms with Gasteiger partial charge in [-0.2, -0.15) is 0 Å². The normalized spacial score (nSPS) is 29.8. The van der Waals surface area contributed by atoms with Gasteiger partial charge in [-0.25, -0.2) is 0 Å². The van der Waals surface area contributed by atoms with Crippen molar-refractivity contribution in [2.24, 2.45) is 0 Å². The molecule has 124 valence electrons. The Morgan fingerprint density at radius 2 is 2.04 bits per heavy atom. The van der Waals surface area contributed by atoms with Crippen LogP contribution in [0.3, 0.4) is 0 Å². The van der Waals surface area contributed by atoms with Gasteiger partial charge in [0.15, 0.2) is 17.4 Å². The van der Waals surface area contributed by atoms with Gasteiger partial charge in [-0.15, -0.1) is 0 Å². The summed E-state index contributed by atoms with van der Waals surface area (Å²) in [6.07, 6.45) is 3.54. The molecule has 5 heteroatoms. The van der Waals surface area contributed by atoms with Gasteiger partial charge in [-0.05, 0) is 31.6 Å². The van der Waals surface area contributed by atoms with Gasteiger partial charge >= 0.3 is 0 Å². The summed E-state index contributed by atoms with van der Waals surface area (Å²) in [5.74, 6) is -1.76. The molecule has 0 aliphatic carbocycles. The van der Waals surface area contributed by atoms with E-state index in [-0.39, 0.29) is 18.5 Å². The van der Waals surface area contributed by atoms with E-state index in [4.69, 9.17) is 18.9 Å². The summed E-state index contributed by atoms with van der Waals surface area (Å²) in [5, 5.41) is 0. The Balaban J connectivity index is 1.60. The van der Waals surface area contributed by atoms with Crippen LogP contribution in [0.4, 0.5) is 0 Å². The molecule has 0 aromatic heterocycles. The van der Waals surface area contributed by atoms with Crippen molar-refractivity contribution in [1.82, 2.24) is 0 Å². The molecule has 0 radical (unpaired) electrons. The lowest BCUT2D eigenvalue weighted by atomic mass is 10.0. The van der Waals surface area contributed by atoms with Crippen LogP contribution in [0.15, 0.2) is 42.5 Å². The fourth-order valence-electron chi connectivity index (χ4n) is 2.92. The lowest BCUT2D eigenvalue weighted by Gasteiger charge is -2.47. The second kappa shape index (κ2) is 6.53. The Hall–Kier alpha value is -1.53. The molecule has 3 rings (SSSR count). The SMILES string of the molecule is CC1(C)O[C@H](COCc2ccccc2)C[C@]2(C=CC(=O)CO2)O1. The van der Waals surface area contributed by atoms with Gasteiger partial charge in [0.05, 0.1) is 19.3 Å². The van der Waals surface area contributed by atoms with Crippen molar-refractivity contribution in [3.05, 3.63) is 48.0 Å². The van der Waals surface area contributed by atoms with Crippen LogP contribution in [0.25, 0.3) is 0 Å². The number of benzene rings is 1. The standard InChI is InChI=1S/C18H22O5/c1-17(2)22-16(13-20-11-14-6-4-3-5-7-14)10-18(23-17)9-8-15(19)12-21-18/h3-9,16H,10-13H2,1-2H3/t16-,18-/m0/s1. The summed E-state index contributed by atoms with van der Waals surface area (Å²) in [5.41, 5.74) is 1.12. The fraction of sp³-hybridized carbons (Fsp3) is 0.500. The molecule has 1 spiro atoms. The van der Waals surface area contributed by atoms with E-state index in [2.05, 4.69) is 0 Å². The van der Waals surface area contributed by atoms with Crippen LogP contribution in [0.1, 0.15) is 25.8 Å². The molecule has 0 amide bonds. The van der Waals surface area contributed by atoms with Gasteiger partial charge in [0.1, 0.15) is 6.61 Å². The molecule has 2 aliphatic rings. The topological polar surface area (TPSA) is 54.0 Å². The van der Waals surface area contributed by atoms with Crippen molar-refractivity contribution in [2.45, 2.75) is 44.6 Å². The summed E-state index contributed by atoms with van der Waals surface area (Å²) < 4.78 is 23.3. The van der Waals surface area contributed by atoms with E-state index in [1.54, 1.807) is 6.08 Å². The molecule has 1 saturated heterocycles. The summed E-state index contributed by atoms with van der Waals surface area (Å²) in [4.78, 5) is 11.3. The molecule has 2 heterocycles. The first-order valence-electron chi connectivity index (χ1n) is 7.82. The minimum absolute atomic E-state index is 0.0319. The van der Waals surface area contributed by atoms with Crippen molar-refractivity contribution in [3.8, 4) is 0 Å². The lowest BCUT2D eigenvalue weighted by molar-refractivity contribution is -0.386. The maximum atomic E-state index is 11.3. The fourth-order valence-corrected chi connectivity index (χ4v) is 2.92. The van der Waals surface area contributed by atoms with Crippen molar-refractivity contribution >= 4 is 5.78 Å². The average Bonchev–Trinajstić information content (AvgIpc) is 2.50. The smallest absolute Gasteiger partial charge is 0.194 e. The van der Waals surface area contributed by atoms with Crippen LogP contribution >= 0.6 is 0 Å². The lowest BCUT2D eigenvalue weighted by Crippen LogP contribution is -2.55. The maximum absolute atomic E-state index is 11.3. The molecule has 23 heavy (non-hydrogen) atoms. The predicted octanol–water partition coefficient (Wildman–Crippen LogP) is 2.60. The molecular formula is C18H22O5. The van der Waals surface area contributed by atoms with Gasteiger partial charge in [0.25, 0.3) is 0 Å². The molecule has 0 N–H and O–H groups in total. The molecule has 0 unspecified atom stereocenters. The summed E-state index contributed by atoms with van der Waals surface area (Å²) in [6, 6.07) is 9.99. The molecule has 1 fully saturated rings. The Kier molecular flexibility index (Phi) is 4.64. The Labute approximate surface area is 136 Å². The molecule has 2 atom stereocenters. The molecule has 0 bridgehead atoms. The van der Waals surface area contributed by atoms with E-state index in [0.29, 0.717) is 19.6 Å². The zero-order valence-electron chi connectivity index (χ0n) is 13.5. The quantitative estimate of drug-likeness (QED) is 0.854. The monoisotopic (exact) mass is 318 g/mol. The van der Waals surface area contributed by atoms with Crippen molar-refractivity contribution in [3.63, 3.8) is 0 Å². The Morgan fingerprint density at radius 1 is 1.26 bits per heavy atom. The third-order valence-corrected chi connectivity index (χ3v) is 3.78. The molecule has 5 nitrogen and oxygen atoms in total. The van der Waals surface area contributed by atoms with Crippen LogP contribution in [-0.2, 0) is 30.3 Å². The van der Waals surface area contributed by atoms with Crippen molar-refractivity contribution < 1.29 is 23.7 Å². The molecule has 1 aromatic carbocycles. The van der Waals surface area contributed by atoms with E-state index in [1.807, 2.05) is 44.2 Å². The van der Waals surface area contributed by atoms with Crippen molar-refractivity contribution in [1.29, 1.82) is 0 Å². The van der Waals surface area contributed by atoms with Gasteiger partial charge in [0.2, 0.25) is 0 Å². The number of rotatable bonds is 4. The number of carbonyl (C=O) groups is 1. The van der Waals surface area contributed by atoms with Crippen LogP contribution in [-0.4, -0.2) is 36.7 Å². The highest BCUT2D eigenvalue weighted by Crippen LogP contribution is 2.37. The van der Waals surface area contributed by atoms with Crippen LogP contribution in [0, 0.1) is 0 Å². The zero-order chi connectivity index (χ0) is 16.3. The minimum Gasteiger partial charge on any atom is -0.374 e. The highest BCUT2D eigenvalue weighted by atomic mass is 16.8. The number of hydrogen-bond donors (Lipinski definition) is 0. The summed E-state index contributed by atoms with van der Waals surface area (Å²) in [7, 11) is 0. The first-order valence-corrected chi connectivity index (χ1v) is 7.82. The summed E-state index contributed by atoms with van der Waals surface area (Å²) in [6.45, 7) is 4.68. The van der Waals surface area contributed by atoms with Gasteiger partial charge < -0.3 is 18.9 Å². The maximum Gasteiger partial charge on any atom is 0.194 e. The second-order valence-corrected chi connectivity index (χ2v) is 6.35. The third-order valence-electron chi connectivity index (χ3n) is 3.78. The highest BCUT2D eigenvalue weighted by Gasteiger charge is 2.47. The molecule has 0 saturated carbocycles. The van der Waals surface area contributed by atoms with Gasteiger partial charge in [0, 0.05) is 6.42 Å². The predicted molar refractivity (Wildman–Crippen MR) is 83.6 cm³/mol. The number of hydrogen-bond acceptors (Lipinski definition) is 5. The average molecular weight is 318 g/mol. The van der Waals surface area contributed by atoms with Crippen LogP contribution in [0.5, 0.6) is 0 Å². The third kappa shape index (κ3) is 4.26. The van der Waals surface area contributed by atoms with Gasteiger partial charge in [-0.1, -0.05) is 30.3 Å². The molecule has 2 aliphatic heterocycles. The van der Waals surface area contributed by atoms with Crippen LogP contribution in [0.2, 0.25) is 0 Å². The zero-order valence-corrected chi connectivity index (χ0v) is 13.5.